The first-order valence-electron chi connectivity index (χ1n) is 12.8. The number of hydrogen-bond acceptors (Lipinski definition) is 1. The number of fused-ring (bicyclic) bond motifs is 4. The Morgan fingerprint density at radius 3 is 2.17 bits per heavy atom. The van der Waals surface area contributed by atoms with Crippen LogP contribution in [0.1, 0.15) is 43.0 Å². The Morgan fingerprint density at radius 2 is 1.50 bits per heavy atom. The molecule has 0 unspecified atom stereocenters. The first-order valence-corrected chi connectivity index (χ1v) is 15.8. The summed E-state index contributed by atoms with van der Waals surface area (Å²) in [5, 5.41) is 5.01. The molecular formula is C32H37FNOSi+. The number of aryl methyl sites for hydroxylation is 4. The molecule has 0 fully saturated rings. The third-order valence-corrected chi connectivity index (χ3v) is 14.4. The van der Waals surface area contributed by atoms with Crippen LogP contribution in [0.15, 0.2) is 46.9 Å². The van der Waals surface area contributed by atoms with E-state index >= 15 is 0 Å². The van der Waals surface area contributed by atoms with Crippen molar-refractivity contribution in [2.75, 3.05) is 0 Å². The fraction of sp³-hybridized carbons (Fsp3) is 0.344. The van der Waals surface area contributed by atoms with Crippen LogP contribution < -0.4 is 9.75 Å². The molecule has 2 heterocycles. The summed E-state index contributed by atoms with van der Waals surface area (Å²) in [5.74, 6) is -0.233. The van der Waals surface area contributed by atoms with E-state index in [1.165, 1.54) is 32.8 Å². The molecule has 0 aliphatic heterocycles. The molecule has 2 nitrogen and oxygen atoms in total. The Morgan fingerprint density at radius 1 is 0.806 bits per heavy atom. The molecule has 5 aromatic rings. The van der Waals surface area contributed by atoms with Crippen molar-refractivity contribution >= 4 is 46.1 Å². The molecule has 0 spiro atoms. The lowest BCUT2D eigenvalue weighted by atomic mass is 9.95. The summed E-state index contributed by atoms with van der Waals surface area (Å²) in [7, 11) is 0.261. The number of nitrogens with zero attached hydrogens (tertiary/aromatic N) is 1. The van der Waals surface area contributed by atoms with Crippen molar-refractivity contribution in [3.8, 4) is 11.3 Å². The number of hydrogen-bond donors (Lipinski definition) is 0. The van der Waals surface area contributed by atoms with Gasteiger partial charge in [-0.05, 0) is 73.3 Å². The smallest absolute Gasteiger partial charge is 0.216 e. The second-order valence-corrected chi connectivity index (χ2v) is 17.4. The summed E-state index contributed by atoms with van der Waals surface area (Å²) < 4.78 is 23.3. The Hall–Kier alpha value is -2.98. The van der Waals surface area contributed by atoms with Crippen LogP contribution in [-0.4, -0.2) is 8.07 Å². The number of halogens is 1. The van der Waals surface area contributed by atoms with Gasteiger partial charge in [0.2, 0.25) is 11.2 Å². The molecule has 0 radical (unpaired) electrons. The van der Waals surface area contributed by atoms with Gasteiger partial charge < -0.3 is 4.42 Å². The fourth-order valence-corrected chi connectivity index (χ4v) is 7.56. The van der Waals surface area contributed by atoms with E-state index in [4.69, 9.17) is 4.42 Å². The van der Waals surface area contributed by atoms with Crippen molar-refractivity contribution in [2.24, 2.45) is 7.05 Å². The Kier molecular flexibility index (Phi) is 5.49. The molecule has 186 valence electrons. The topological polar surface area (TPSA) is 17.0 Å². The third-order valence-electron chi connectivity index (χ3n) is 8.88. The van der Waals surface area contributed by atoms with Gasteiger partial charge >= 0.3 is 0 Å². The standard InChI is InChI=1S/C32H37FNOSi/c1-18-11-14-26-24(15-18)28(36(9,10)32(5,6)7)17-27(34(26)8)29-20(3)19(2)16-23-22-12-13-25(33)21(4)30(22)35-31(23)29/h11-17H,1-10H3/q+1. The van der Waals surface area contributed by atoms with E-state index in [9.17, 15) is 4.39 Å². The minimum atomic E-state index is -1.90. The van der Waals surface area contributed by atoms with Gasteiger partial charge in [0, 0.05) is 33.9 Å². The highest BCUT2D eigenvalue weighted by Gasteiger charge is 2.40. The van der Waals surface area contributed by atoms with Gasteiger partial charge in [-0.15, -0.1) is 0 Å². The predicted octanol–water partition coefficient (Wildman–Crippen LogP) is 8.32. The molecule has 0 saturated heterocycles. The molecule has 5 rings (SSSR count). The highest BCUT2D eigenvalue weighted by atomic mass is 28.3. The summed E-state index contributed by atoms with van der Waals surface area (Å²) in [6, 6.07) is 14.8. The van der Waals surface area contributed by atoms with Crippen LogP contribution in [0.4, 0.5) is 4.39 Å². The average Bonchev–Trinajstić information content (AvgIpc) is 3.15. The van der Waals surface area contributed by atoms with E-state index in [-0.39, 0.29) is 10.9 Å². The molecule has 0 aliphatic rings. The van der Waals surface area contributed by atoms with Crippen molar-refractivity contribution in [3.63, 3.8) is 0 Å². The summed E-state index contributed by atoms with van der Waals surface area (Å²) in [6.45, 7) is 20.4. The summed E-state index contributed by atoms with van der Waals surface area (Å²) in [5.41, 5.74) is 9.20. The molecule has 2 aromatic heterocycles. The van der Waals surface area contributed by atoms with Crippen LogP contribution in [0.2, 0.25) is 18.1 Å². The maximum absolute atomic E-state index is 14.5. The summed E-state index contributed by atoms with van der Waals surface area (Å²) >= 11 is 0. The molecule has 0 aliphatic carbocycles. The van der Waals surface area contributed by atoms with E-state index in [0.29, 0.717) is 11.1 Å². The zero-order chi connectivity index (χ0) is 26.3. The maximum Gasteiger partial charge on any atom is 0.216 e. The van der Waals surface area contributed by atoms with Gasteiger partial charge in [0.1, 0.15) is 24.0 Å². The zero-order valence-corrected chi connectivity index (χ0v) is 24.3. The molecule has 4 heteroatoms. The molecular weight excluding hydrogens is 461 g/mol. The fourth-order valence-electron chi connectivity index (χ4n) is 5.38. The van der Waals surface area contributed by atoms with Crippen molar-refractivity contribution in [1.82, 2.24) is 0 Å². The van der Waals surface area contributed by atoms with Crippen LogP contribution >= 0.6 is 0 Å². The van der Waals surface area contributed by atoms with E-state index in [0.717, 1.165) is 27.6 Å². The Bertz CT molecular complexity index is 1700. The average molecular weight is 499 g/mol. The SMILES string of the molecule is Cc1ccc2c(c1)c([Si](C)(C)C(C)(C)C)cc(-c1c(C)c(C)cc3c1oc1c(C)c(F)ccc13)[n+]2C. The molecule has 0 amide bonds. The molecule has 36 heavy (non-hydrogen) atoms. The quantitative estimate of drug-likeness (QED) is 0.177. The first-order chi connectivity index (χ1) is 16.7. The molecule has 0 atom stereocenters. The predicted molar refractivity (Wildman–Crippen MR) is 154 cm³/mol. The van der Waals surface area contributed by atoms with E-state index < -0.39 is 8.07 Å². The van der Waals surface area contributed by atoms with E-state index in [2.05, 4.69) is 96.6 Å². The number of aromatic nitrogens is 1. The lowest BCUT2D eigenvalue weighted by molar-refractivity contribution is -0.633. The van der Waals surface area contributed by atoms with E-state index in [1.54, 1.807) is 13.0 Å². The minimum Gasteiger partial charge on any atom is -0.455 e. The molecule has 3 aromatic carbocycles. The lowest BCUT2D eigenvalue weighted by Crippen LogP contribution is -2.51. The second kappa shape index (κ2) is 8.01. The van der Waals surface area contributed by atoms with Crippen molar-refractivity contribution in [2.45, 2.75) is 66.6 Å². The molecule has 0 N–H and O–H groups in total. The Balaban J connectivity index is 1.98. The van der Waals surface area contributed by atoms with Crippen LogP contribution in [-0.2, 0) is 7.05 Å². The highest BCUT2D eigenvalue weighted by Crippen LogP contribution is 2.41. The number of rotatable bonds is 2. The van der Waals surface area contributed by atoms with Crippen molar-refractivity contribution in [1.29, 1.82) is 0 Å². The van der Waals surface area contributed by atoms with Crippen LogP contribution in [0.5, 0.6) is 0 Å². The van der Waals surface area contributed by atoms with E-state index in [1.807, 2.05) is 6.07 Å². The largest absolute Gasteiger partial charge is 0.455 e. The monoisotopic (exact) mass is 498 g/mol. The first kappa shape index (κ1) is 24.7. The Labute approximate surface area is 214 Å². The number of pyridine rings is 1. The van der Waals surface area contributed by atoms with Gasteiger partial charge in [-0.1, -0.05) is 45.5 Å². The van der Waals surface area contributed by atoms with Gasteiger partial charge in [-0.2, -0.15) is 4.57 Å². The van der Waals surface area contributed by atoms with Gasteiger partial charge in [0.15, 0.2) is 0 Å². The number of benzene rings is 3. The van der Waals surface area contributed by atoms with Gasteiger partial charge in [0.05, 0.1) is 13.6 Å². The van der Waals surface area contributed by atoms with Crippen LogP contribution in [0, 0.1) is 33.5 Å². The van der Waals surface area contributed by atoms with Gasteiger partial charge in [0.25, 0.3) is 0 Å². The maximum atomic E-state index is 14.5. The van der Waals surface area contributed by atoms with Crippen LogP contribution in [0.25, 0.3) is 44.1 Å². The molecule has 0 bridgehead atoms. The number of furan rings is 1. The zero-order valence-electron chi connectivity index (χ0n) is 23.3. The van der Waals surface area contributed by atoms with Crippen LogP contribution in [0.3, 0.4) is 0 Å². The van der Waals surface area contributed by atoms with Crippen molar-refractivity contribution in [3.05, 3.63) is 70.5 Å². The second-order valence-electron chi connectivity index (χ2n) is 12.1. The van der Waals surface area contributed by atoms with Crippen molar-refractivity contribution < 1.29 is 13.4 Å². The highest BCUT2D eigenvalue weighted by molar-refractivity contribution is 6.93. The van der Waals surface area contributed by atoms with Gasteiger partial charge in [-0.3, -0.25) is 0 Å². The molecule has 0 saturated carbocycles. The normalized spacial score (nSPS) is 12.9. The minimum absolute atomic E-state index is 0.186. The third kappa shape index (κ3) is 3.45. The summed E-state index contributed by atoms with van der Waals surface area (Å²) in [4.78, 5) is 0. The summed E-state index contributed by atoms with van der Waals surface area (Å²) in [6.07, 6.45) is 0. The lowest BCUT2D eigenvalue weighted by Gasteiger charge is -2.38. The van der Waals surface area contributed by atoms with Gasteiger partial charge in [-0.25, -0.2) is 4.39 Å².